The van der Waals surface area contributed by atoms with Crippen LogP contribution >= 0.6 is 0 Å². The molecule has 0 saturated carbocycles. The summed E-state index contributed by atoms with van der Waals surface area (Å²) in [4.78, 5) is 11.0. The summed E-state index contributed by atoms with van der Waals surface area (Å²) in [5, 5.41) is 0. The van der Waals surface area contributed by atoms with Gasteiger partial charge in [-0.2, -0.15) is 0 Å². The number of hydrogen-bond donors (Lipinski definition) is 1. The summed E-state index contributed by atoms with van der Waals surface area (Å²) in [7, 11) is 0. The molecule has 0 heterocycles. The molecular formula is C9H19NO2. The van der Waals surface area contributed by atoms with Crippen molar-refractivity contribution in [2.24, 2.45) is 11.7 Å². The van der Waals surface area contributed by atoms with E-state index in [0.717, 1.165) is 12.8 Å². The van der Waals surface area contributed by atoms with Crippen LogP contribution in [-0.4, -0.2) is 19.1 Å². The lowest BCUT2D eigenvalue weighted by Gasteiger charge is -2.11. The molecule has 0 saturated heterocycles. The van der Waals surface area contributed by atoms with E-state index in [1.807, 2.05) is 6.92 Å². The first-order chi connectivity index (χ1) is 5.74. The molecule has 12 heavy (non-hydrogen) atoms. The Morgan fingerprint density at radius 3 is 2.58 bits per heavy atom. The molecule has 0 rings (SSSR count). The Kier molecular flexibility index (Phi) is 6.76. The van der Waals surface area contributed by atoms with Crippen LogP contribution in [0.4, 0.5) is 0 Å². The van der Waals surface area contributed by atoms with Crippen molar-refractivity contribution in [2.45, 2.75) is 33.1 Å². The van der Waals surface area contributed by atoms with Gasteiger partial charge in [-0.05, 0) is 25.8 Å². The molecular weight excluding hydrogens is 154 g/mol. The van der Waals surface area contributed by atoms with Gasteiger partial charge in [0, 0.05) is 6.42 Å². The first-order valence-corrected chi connectivity index (χ1v) is 4.60. The van der Waals surface area contributed by atoms with Gasteiger partial charge in [-0.15, -0.1) is 0 Å². The monoisotopic (exact) mass is 173 g/mol. The Morgan fingerprint density at radius 1 is 1.50 bits per heavy atom. The molecule has 0 unspecified atom stereocenters. The van der Waals surface area contributed by atoms with Gasteiger partial charge in [0.2, 0.25) is 0 Å². The van der Waals surface area contributed by atoms with E-state index < -0.39 is 0 Å². The summed E-state index contributed by atoms with van der Waals surface area (Å²) < 4.78 is 4.83. The van der Waals surface area contributed by atoms with Crippen molar-refractivity contribution >= 4 is 5.97 Å². The summed E-state index contributed by atoms with van der Waals surface area (Å²) >= 11 is 0. The summed E-state index contributed by atoms with van der Waals surface area (Å²) in [5.41, 5.74) is 5.50. The van der Waals surface area contributed by atoms with E-state index in [9.17, 15) is 4.79 Å². The van der Waals surface area contributed by atoms with Gasteiger partial charge in [-0.3, -0.25) is 4.79 Å². The highest BCUT2D eigenvalue weighted by atomic mass is 16.5. The molecule has 2 N–H and O–H groups in total. The molecule has 0 aromatic heterocycles. The van der Waals surface area contributed by atoms with Crippen molar-refractivity contribution in [3.05, 3.63) is 0 Å². The quantitative estimate of drug-likeness (QED) is 0.616. The summed E-state index contributed by atoms with van der Waals surface area (Å²) in [6, 6.07) is 0. The minimum absolute atomic E-state index is 0.124. The lowest BCUT2D eigenvalue weighted by molar-refractivity contribution is -0.144. The summed E-state index contributed by atoms with van der Waals surface area (Å²) in [5.74, 6) is 0.176. The van der Waals surface area contributed by atoms with Crippen molar-refractivity contribution in [1.29, 1.82) is 0 Å². The number of nitrogens with two attached hydrogens (primary N) is 1. The second-order valence-electron chi connectivity index (χ2n) is 2.90. The summed E-state index contributed by atoms with van der Waals surface area (Å²) in [6.45, 7) is 4.94. The van der Waals surface area contributed by atoms with Crippen LogP contribution < -0.4 is 5.73 Å². The maximum absolute atomic E-state index is 11.0. The van der Waals surface area contributed by atoms with Crippen molar-refractivity contribution in [2.75, 3.05) is 13.2 Å². The maximum atomic E-state index is 11.0. The van der Waals surface area contributed by atoms with Crippen LogP contribution in [0.5, 0.6) is 0 Å². The van der Waals surface area contributed by atoms with E-state index in [1.54, 1.807) is 0 Å². The van der Waals surface area contributed by atoms with Gasteiger partial charge in [-0.25, -0.2) is 0 Å². The molecule has 3 nitrogen and oxygen atoms in total. The van der Waals surface area contributed by atoms with Crippen LogP contribution in [0.1, 0.15) is 33.1 Å². The second-order valence-corrected chi connectivity index (χ2v) is 2.90. The van der Waals surface area contributed by atoms with Gasteiger partial charge >= 0.3 is 5.97 Å². The van der Waals surface area contributed by atoms with E-state index >= 15 is 0 Å². The first kappa shape index (κ1) is 11.4. The molecule has 0 aliphatic rings. The molecule has 3 heteroatoms. The molecule has 0 aromatic rings. The number of hydrogen-bond acceptors (Lipinski definition) is 3. The third-order valence-corrected chi connectivity index (χ3v) is 1.79. The van der Waals surface area contributed by atoms with Crippen molar-refractivity contribution < 1.29 is 9.53 Å². The fraction of sp³-hybridized carbons (Fsp3) is 0.889. The molecule has 0 aliphatic carbocycles. The minimum atomic E-state index is -0.124. The Morgan fingerprint density at radius 2 is 2.17 bits per heavy atom. The van der Waals surface area contributed by atoms with Gasteiger partial charge in [-0.1, -0.05) is 13.3 Å². The van der Waals surface area contributed by atoms with E-state index in [2.05, 4.69) is 6.92 Å². The van der Waals surface area contributed by atoms with Crippen LogP contribution in [0.3, 0.4) is 0 Å². The number of carbonyl (C=O) groups excluding carboxylic acids is 1. The van der Waals surface area contributed by atoms with Crippen LogP contribution in [0, 0.1) is 5.92 Å². The smallest absolute Gasteiger partial charge is 0.306 e. The molecule has 1 atom stereocenters. The lowest BCUT2D eigenvalue weighted by atomic mass is 10.0. The number of ether oxygens (including phenoxy) is 1. The molecule has 0 radical (unpaired) electrons. The molecule has 0 aromatic carbocycles. The van der Waals surface area contributed by atoms with Crippen LogP contribution in [0.2, 0.25) is 0 Å². The van der Waals surface area contributed by atoms with Gasteiger partial charge in [0.05, 0.1) is 6.61 Å². The number of rotatable bonds is 6. The van der Waals surface area contributed by atoms with Crippen molar-refractivity contribution in [3.8, 4) is 0 Å². The number of carbonyl (C=O) groups is 1. The van der Waals surface area contributed by atoms with Crippen LogP contribution in [-0.2, 0) is 9.53 Å². The van der Waals surface area contributed by atoms with Gasteiger partial charge in [0.1, 0.15) is 0 Å². The Labute approximate surface area is 74.3 Å². The second kappa shape index (κ2) is 7.10. The zero-order valence-corrected chi connectivity index (χ0v) is 8.01. The van der Waals surface area contributed by atoms with E-state index in [4.69, 9.17) is 10.5 Å². The predicted molar refractivity (Wildman–Crippen MR) is 48.7 cm³/mol. The highest BCUT2D eigenvalue weighted by Crippen LogP contribution is 2.09. The molecule has 0 bridgehead atoms. The maximum Gasteiger partial charge on any atom is 0.306 e. The minimum Gasteiger partial charge on any atom is -0.466 e. The van der Waals surface area contributed by atoms with Gasteiger partial charge in [0.25, 0.3) is 0 Å². The zero-order chi connectivity index (χ0) is 9.40. The fourth-order valence-electron chi connectivity index (χ4n) is 1.17. The molecule has 0 spiro atoms. The highest BCUT2D eigenvalue weighted by molar-refractivity contribution is 5.69. The Bertz CT molecular complexity index is 126. The molecule has 72 valence electrons. The standard InChI is InChI=1S/C9H19NO2/c1-3-5-8(7-10)6-9(11)12-4-2/h8H,3-7,10H2,1-2H3/t8-/m0/s1. The zero-order valence-electron chi connectivity index (χ0n) is 8.01. The van der Waals surface area contributed by atoms with E-state index in [1.165, 1.54) is 0 Å². The normalized spacial score (nSPS) is 12.6. The largest absolute Gasteiger partial charge is 0.466 e. The average molecular weight is 173 g/mol. The predicted octanol–water partition coefficient (Wildman–Crippen LogP) is 1.31. The van der Waals surface area contributed by atoms with Crippen molar-refractivity contribution in [1.82, 2.24) is 0 Å². The first-order valence-electron chi connectivity index (χ1n) is 4.60. The molecule has 0 fully saturated rings. The highest BCUT2D eigenvalue weighted by Gasteiger charge is 2.11. The van der Waals surface area contributed by atoms with E-state index in [-0.39, 0.29) is 5.97 Å². The third kappa shape index (κ3) is 5.13. The fourth-order valence-corrected chi connectivity index (χ4v) is 1.17. The van der Waals surface area contributed by atoms with Crippen LogP contribution in [0.25, 0.3) is 0 Å². The van der Waals surface area contributed by atoms with E-state index in [0.29, 0.717) is 25.5 Å². The molecule has 0 amide bonds. The van der Waals surface area contributed by atoms with Gasteiger partial charge < -0.3 is 10.5 Å². The summed E-state index contributed by atoms with van der Waals surface area (Å²) in [6.07, 6.45) is 2.55. The topological polar surface area (TPSA) is 52.3 Å². The Hall–Kier alpha value is -0.570. The van der Waals surface area contributed by atoms with Crippen LogP contribution in [0.15, 0.2) is 0 Å². The Balaban J connectivity index is 3.61. The number of esters is 1. The lowest BCUT2D eigenvalue weighted by Crippen LogP contribution is -2.19. The average Bonchev–Trinajstić information content (AvgIpc) is 2.04. The third-order valence-electron chi connectivity index (χ3n) is 1.79. The van der Waals surface area contributed by atoms with Gasteiger partial charge in [0.15, 0.2) is 0 Å². The molecule has 0 aliphatic heterocycles. The van der Waals surface area contributed by atoms with Crippen molar-refractivity contribution in [3.63, 3.8) is 0 Å². The SMILES string of the molecule is CCC[C@H](CN)CC(=O)OCC.